The van der Waals surface area contributed by atoms with Crippen LogP contribution in [0.3, 0.4) is 0 Å². The van der Waals surface area contributed by atoms with Gasteiger partial charge < -0.3 is 10.8 Å². The minimum Gasteiger partial charge on any atom is -0.391 e. The molecule has 0 saturated heterocycles. The predicted molar refractivity (Wildman–Crippen MR) is 69.2 cm³/mol. The molecule has 16 heavy (non-hydrogen) atoms. The summed E-state index contributed by atoms with van der Waals surface area (Å²) in [5, 5.41) is 10.2. The fourth-order valence-electron chi connectivity index (χ4n) is 3.22. The van der Waals surface area contributed by atoms with Crippen LogP contribution >= 0.6 is 0 Å². The van der Waals surface area contributed by atoms with E-state index in [-0.39, 0.29) is 0 Å². The molecule has 1 atom stereocenters. The van der Waals surface area contributed by atoms with Gasteiger partial charge in [-0.3, -0.25) is 0 Å². The van der Waals surface area contributed by atoms with Crippen molar-refractivity contribution in [1.82, 2.24) is 0 Å². The number of nitrogens with two attached hydrogens (primary N) is 1. The Balaban J connectivity index is 2.79. The Hall–Kier alpha value is -0.0800. The molecule has 0 aliphatic heterocycles. The third-order valence-electron chi connectivity index (χ3n) is 4.62. The molecule has 0 spiro atoms. The van der Waals surface area contributed by atoms with E-state index in [0.29, 0.717) is 16.7 Å². The van der Waals surface area contributed by atoms with Crippen LogP contribution in [0.5, 0.6) is 0 Å². The summed E-state index contributed by atoms with van der Waals surface area (Å²) in [6.45, 7) is 13.1. The molecule has 1 aliphatic carbocycles. The Morgan fingerprint density at radius 2 is 1.56 bits per heavy atom. The van der Waals surface area contributed by atoms with Gasteiger partial charge in [0.2, 0.25) is 0 Å². The van der Waals surface area contributed by atoms with E-state index in [1.807, 2.05) is 13.8 Å². The van der Waals surface area contributed by atoms with Crippen LogP contribution in [0, 0.1) is 16.7 Å². The van der Waals surface area contributed by atoms with Crippen molar-refractivity contribution in [3.8, 4) is 0 Å². The molecular formula is C14H29NO. The van der Waals surface area contributed by atoms with Gasteiger partial charge in [-0.2, -0.15) is 0 Å². The Morgan fingerprint density at radius 3 is 1.88 bits per heavy atom. The van der Waals surface area contributed by atoms with Crippen LogP contribution in [-0.2, 0) is 0 Å². The van der Waals surface area contributed by atoms with Gasteiger partial charge in [0.15, 0.2) is 0 Å². The van der Waals surface area contributed by atoms with E-state index < -0.39 is 11.6 Å². The van der Waals surface area contributed by atoms with Crippen LogP contribution in [0.1, 0.15) is 60.8 Å². The number of hydrogen-bond donors (Lipinski definition) is 2. The lowest BCUT2D eigenvalue weighted by Gasteiger charge is -2.39. The molecule has 1 saturated carbocycles. The van der Waals surface area contributed by atoms with E-state index >= 15 is 0 Å². The maximum absolute atomic E-state index is 10.2. The van der Waals surface area contributed by atoms with E-state index in [2.05, 4.69) is 27.7 Å². The minimum absolute atomic E-state index is 0.329. The summed E-state index contributed by atoms with van der Waals surface area (Å²) >= 11 is 0. The van der Waals surface area contributed by atoms with E-state index in [4.69, 9.17) is 5.73 Å². The first-order chi connectivity index (χ1) is 6.97. The van der Waals surface area contributed by atoms with Gasteiger partial charge in [-0.05, 0) is 49.9 Å². The topological polar surface area (TPSA) is 46.2 Å². The van der Waals surface area contributed by atoms with Crippen LogP contribution in [0.15, 0.2) is 0 Å². The molecule has 0 aromatic heterocycles. The van der Waals surface area contributed by atoms with Crippen molar-refractivity contribution in [3.05, 3.63) is 0 Å². The molecule has 1 rings (SSSR count). The molecule has 0 bridgehead atoms. The zero-order valence-corrected chi connectivity index (χ0v) is 11.8. The Bertz CT molecular complexity index is 234. The Kier molecular flexibility index (Phi) is 3.49. The first-order valence-electron chi connectivity index (χ1n) is 6.44. The number of hydrogen-bond acceptors (Lipinski definition) is 2. The first-order valence-corrected chi connectivity index (χ1v) is 6.44. The summed E-state index contributed by atoms with van der Waals surface area (Å²) in [5.74, 6) is 0.554. The van der Waals surface area contributed by atoms with Crippen LogP contribution in [0.2, 0.25) is 0 Å². The lowest BCUT2D eigenvalue weighted by molar-refractivity contribution is 0.0302. The van der Waals surface area contributed by atoms with Crippen LogP contribution in [-0.4, -0.2) is 16.7 Å². The Morgan fingerprint density at radius 1 is 1.19 bits per heavy atom. The molecular weight excluding hydrogens is 198 g/mol. The van der Waals surface area contributed by atoms with Crippen molar-refractivity contribution >= 4 is 0 Å². The predicted octanol–water partition coefficient (Wildman–Crippen LogP) is 2.94. The van der Waals surface area contributed by atoms with Gasteiger partial charge in [0.25, 0.3) is 0 Å². The molecule has 0 aromatic rings. The second-order valence-electron chi connectivity index (χ2n) is 7.60. The van der Waals surface area contributed by atoms with Gasteiger partial charge in [-0.15, -0.1) is 0 Å². The fraction of sp³-hybridized carbons (Fsp3) is 1.00. The van der Waals surface area contributed by atoms with E-state index in [9.17, 15) is 5.11 Å². The standard InChI is InChI=1S/C14H29NO/c1-12(2)7-8-13(3,4)10(12)9-11(16)14(5,6)15/h10-11,16H,7-9,15H2,1-6H3. The van der Waals surface area contributed by atoms with Crippen molar-refractivity contribution in [3.63, 3.8) is 0 Å². The summed E-state index contributed by atoms with van der Waals surface area (Å²) in [6.07, 6.45) is 2.92. The lowest BCUT2D eigenvalue weighted by atomic mass is 9.68. The van der Waals surface area contributed by atoms with Crippen molar-refractivity contribution in [2.75, 3.05) is 0 Å². The largest absolute Gasteiger partial charge is 0.391 e. The molecule has 1 fully saturated rings. The maximum Gasteiger partial charge on any atom is 0.0717 e. The zero-order valence-electron chi connectivity index (χ0n) is 11.8. The molecule has 2 heteroatoms. The SMILES string of the molecule is CC(C)(N)C(O)CC1C(C)(C)CCC1(C)C. The molecule has 0 amide bonds. The van der Waals surface area contributed by atoms with Crippen LogP contribution < -0.4 is 5.73 Å². The van der Waals surface area contributed by atoms with Crippen LogP contribution in [0.4, 0.5) is 0 Å². The first kappa shape index (κ1) is 14.0. The lowest BCUT2D eigenvalue weighted by Crippen LogP contribution is -2.47. The van der Waals surface area contributed by atoms with Gasteiger partial charge in [0.1, 0.15) is 0 Å². The van der Waals surface area contributed by atoms with Crippen molar-refractivity contribution in [1.29, 1.82) is 0 Å². The van der Waals surface area contributed by atoms with Gasteiger partial charge >= 0.3 is 0 Å². The van der Waals surface area contributed by atoms with E-state index in [1.54, 1.807) is 0 Å². The summed E-state index contributed by atoms with van der Waals surface area (Å²) in [7, 11) is 0. The second-order valence-corrected chi connectivity index (χ2v) is 7.60. The van der Waals surface area contributed by atoms with Gasteiger partial charge in [-0.1, -0.05) is 27.7 Å². The summed E-state index contributed by atoms with van der Waals surface area (Å²) in [6, 6.07) is 0. The van der Waals surface area contributed by atoms with Crippen molar-refractivity contribution < 1.29 is 5.11 Å². The van der Waals surface area contributed by atoms with Gasteiger partial charge in [0, 0.05) is 5.54 Å². The maximum atomic E-state index is 10.2. The number of aliphatic hydroxyl groups is 1. The normalized spacial score (nSPS) is 27.0. The molecule has 96 valence electrons. The number of aliphatic hydroxyl groups excluding tert-OH is 1. The highest BCUT2D eigenvalue weighted by Gasteiger charge is 2.48. The van der Waals surface area contributed by atoms with Crippen LogP contribution in [0.25, 0.3) is 0 Å². The third-order valence-corrected chi connectivity index (χ3v) is 4.62. The molecule has 0 heterocycles. The molecule has 3 N–H and O–H groups in total. The summed E-state index contributed by atoms with van der Waals surface area (Å²) < 4.78 is 0. The van der Waals surface area contributed by atoms with Gasteiger partial charge in [0.05, 0.1) is 6.10 Å². The molecule has 1 aliphatic rings. The monoisotopic (exact) mass is 227 g/mol. The minimum atomic E-state index is -0.491. The summed E-state index contributed by atoms with van der Waals surface area (Å²) in [5.41, 5.74) is 6.15. The fourth-order valence-corrected chi connectivity index (χ4v) is 3.22. The molecule has 0 radical (unpaired) electrons. The molecule has 1 unspecified atom stereocenters. The number of rotatable bonds is 3. The molecule has 2 nitrogen and oxygen atoms in total. The highest BCUT2D eigenvalue weighted by atomic mass is 16.3. The zero-order chi connectivity index (χ0) is 12.8. The Labute approximate surface area is 101 Å². The van der Waals surface area contributed by atoms with Crippen molar-refractivity contribution in [2.45, 2.75) is 72.4 Å². The average molecular weight is 227 g/mol. The highest BCUT2D eigenvalue weighted by molar-refractivity contribution is 4.99. The van der Waals surface area contributed by atoms with Gasteiger partial charge in [-0.25, -0.2) is 0 Å². The van der Waals surface area contributed by atoms with E-state index in [1.165, 1.54) is 12.8 Å². The third kappa shape index (κ3) is 2.78. The van der Waals surface area contributed by atoms with E-state index in [0.717, 1.165) is 6.42 Å². The smallest absolute Gasteiger partial charge is 0.0717 e. The van der Waals surface area contributed by atoms with Crippen molar-refractivity contribution in [2.24, 2.45) is 22.5 Å². The molecule has 0 aromatic carbocycles. The highest BCUT2D eigenvalue weighted by Crippen LogP contribution is 2.55. The average Bonchev–Trinajstić information content (AvgIpc) is 2.26. The summed E-state index contributed by atoms with van der Waals surface area (Å²) in [4.78, 5) is 0. The quantitative estimate of drug-likeness (QED) is 0.778. The second kappa shape index (κ2) is 3.99.